The maximum Gasteiger partial charge on any atom is 0.280 e. The van der Waals surface area contributed by atoms with Crippen LogP contribution in [0.4, 0.5) is 0 Å². The number of hydrogen-bond donors (Lipinski definition) is 3. The lowest BCUT2D eigenvalue weighted by Crippen LogP contribution is -2.43. The number of nitrogens with two attached hydrogens (primary N) is 1. The third-order valence-corrected chi connectivity index (χ3v) is 3.61. The molecule has 0 bridgehead atoms. The lowest BCUT2D eigenvalue weighted by Gasteiger charge is -2.19. The zero-order valence-corrected chi connectivity index (χ0v) is 14.7. The summed E-state index contributed by atoms with van der Waals surface area (Å²) in [6, 6.07) is 9.75. The van der Waals surface area contributed by atoms with E-state index in [1.165, 1.54) is 0 Å². The topological polar surface area (TPSA) is 120 Å². The molecule has 0 heterocycles. The van der Waals surface area contributed by atoms with E-state index in [1.54, 1.807) is 0 Å². The van der Waals surface area contributed by atoms with Crippen LogP contribution in [0, 0.1) is 0 Å². The minimum Gasteiger partial charge on any atom is -0.351 e. The van der Waals surface area contributed by atoms with Gasteiger partial charge in [0.15, 0.2) is 6.10 Å². The Hall–Kier alpha value is -1.52. The summed E-state index contributed by atoms with van der Waals surface area (Å²) in [5.74, 6) is 4.88. The van der Waals surface area contributed by atoms with Gasteiger partial charge in [0.1, 0.15) is 0 Å². The Morgan fingerprint density at radius 2 is 1.96 bits per heavy atom. The highest BCUT2D eigenvalue weighted by atomic mass is 32.2. The molecule has 4 N–H and O–H groups in total. The van der Waals surface area contributed by atoms with Crippen LogP contribution in [0.5, 0.6) is 0 Å². The summed E-state index contributed by atoms with van der Waals surface area (Å²) in [6.07, 6.45) is 1.63. The fourth-order valence-electron chi connectivity index (χ4n) is 2.12. The molecule has 1 aromatic rings. The molecule has 1 aromatic carbocycles. The van der Waals surface area contributed by atoms with Gasteiger partial charge in [-0.2, -0.15) is 18.2 Å². The van der Waals surface area contributed by atoms with Crippen LogP contribution in [0.25, 0.3) is 0 Å². The van der Waals surface area contributed by atoms with E-state index in [4.69, 9.17) is 10.7 Å². The predicted octanol–water partition coefficient (Wildman–Crippen LogP) is 0.254. The molecular formula is C15H25N3O5S. The van der Waals surface area contributed by atoms with Gasteiger partial charge in [-0.15, -0.1) is 0 Å². The Labute approximate surface area is 142 Å². The number of hydroxylamine groups is 1. The van der Waals surface area contributed by atoms with Crippen molar-refractivity contribution in [3.05, 3.63) is 35.9 Å². The van der Waals surface area contributed by atoms with Gasteiger partial charge in [0, 0.05) is 12.6 Å². The second kappa shape index (κ2) is 10.4. The minimum absolute atomic E-state index is 0.0655. The molecule has 136 valence electrons. The van der Waals surface area contributed by atoms with Gasteiger partial charge in [0.05, 0.1) is 6.26 Å². The average molecular weight is 359 g/mol. The quantitative estimate of drug-likeness (QED) is 0.383. The first-order valence-corrected chi connectivity index (χ1v) is 9.44. The highest BCUT2D eigenvalue weighted by Crippen LogP contribution is 2.05. The van der Waals surface area contributed by atoms with E-state index in [2.05, 4.69) is 15.1 Å². The molecular weight excluding hydrogens is 334 g/mol. The highest BCUT2D eigenvalue weighted by molar-refractivity contribution is 7.85. The molecule has 24 heavy (non-hydrogen) atoms. The maximum atomic E-state index is 12.1. The number of hydrogen-bond acceptors (Lipinski definition) is 7. The molecule has 2 unspecified atom stereocenters. The number of amides is 1. The van der Waals surface area contributed by atoms with Crippen LogP contribution >= 0.6 is 0 Å². The van der Waals surface area contributed by atoms with E-state index in [0.29, 0.717) is 19.3 Å². The Kier molecular flexibility index (Phi) is 8.87. The van der Waals surface area contributed by atoms with Crippen molar-refractivity contribution in [2.24, 2.45) is 5.90 Å². The molecule has 0 fully saturated rings. The van der Waals surface area contributed by atoms with Gasteiger partial charge in [0.25, 0.3) is 16.0 Å². The van der Waals surface area contributed by atoms with Crippen molar-refractivity contribution in [3.8, 4) is 0 Å². The summed E-state index contributed by atoms with van der Waals surface area (Å²) in [7, 11) is -3.54. The van der Waals surface area contributed by atoms with Gasteiger partial charge in [-0.05, 0) is 31.7 Å². The van der Waals surface area contributed by atoms with Crippen LogP contribution < -0.4 is 16.7 Å². The predicted molar refractivity (Wildman–Crippen MR) is 90.0 cm³/mol. The molecule has 0 saturated heterocycles. The smallest absolute Gasteiger partial charge is 0.280 e. The summed E-state index contributed by atoms with van der Waals surface area (Å²) in [5.41, 5.74) is 3.42. The number of carbonyl (C=O) groups is 1. The maximum absolute atomic E-state index is 12.1. The zero-order chi connectivity index (χ0) is 18.0. The Morgan fingerprint density at radius 3 is 2.54 bits per heavy atom. The van der Waals surface area contributed by atoms with Crippen molar-refractivity contribution in [2.75, 3.05) is 12.8 Å². The molecule has 1 rings (SSSR count). The van der Waals surface area contributed by atoms with Gasteiger partial charge in [-0.1, -0.05) is 30.3 Å². The third-order valence-electron chi connectivity index (χ3n) is 3.19. The van der Waals surface area contributed by atoms with Gasteiger partial charge >= 0.3 is 0 Å². The third kappa shape index (κ3) is 8.94. The Morgan fingerprint density at radius 1 is 1.29 bits per heavy atom. The molecule has 2 atom stereocenters. The van der Waals surface area contributed by atoms with E-state index in [9.17, 15) is 13.2 Å². The summed E-state index contributed by atoms with van der Waals surface area (Å²) in [6.45, 7) is 2.15. The van der Waals surface area contributed by atoms with E-state index >= 15 is 0 Å². The van der Waals surface area contributed by atoms with E-state index in [0.717, 1.165) is 11.8 Å². The number of carbonyl (C=O) groups excluding carboxylic acids is 1. The SMILES string of the molecule is CC(Cc1ccccc1)NC(=O)C(CCCNOS(C)(=O)=O)ON. The van der Waals surface area contributed by atoms with Crippen LogP contribution in [0.3, 0.4) is 0 Å². The summed E-state index contributed by atoms with van der Waals surface area (Å²) in [4.78, 5) is 16.8. The summed E-state index contributed by atoms with van der Waals surface area (Å²) >= 11 is 0. The summed E-state index contributed by atoms with van der Waals surface area (Å²) in [5, 5.41) is 2.85. The van der Waals surface area contributed by atoms with Crippen LogP contribution in [-0.2, 0) is 30.5 Å². The molecule has 0 spiro atoms. The average Bonchev–Trinajstić information content (AvgIpc) is 2.50. The molecule has 1 amide bonds. The largest absolute Gasteiger partial charge is 0.351 e. The Bertz CT molecular complexity index is 594. The molecule has 0 aliphatic rings. The number of benzene rings is 1. The molecule has 9 heteroatoms. The van der Waals surface area contributed by atoms with Crippen molar-refractivity contribution < 1.29 is 22.3 Å². The van der Waals surface area contributed by atoms with Crippen LogP contribution in [0.15, 0.2) is 30.3 Å². The lowest BCUT2D eigenvalue weighted by molar-refractivity contribution is -0.134. The highest BCUT2D eigenvalue weighted by Gasteiger charge is 2.20. The van der Waals surface area contributed by atoms with Crippen LogP contribution in [0.2, 0.25) is 0 Å². The first-order valence-electron chi connectivity index (χ1n) is 7.63. The van der Waals surface area contributed by atoms with Gasteiger partial charge in [-0.25, -0.2) is 5.90 Å². The lowest BCUT2D eigenvalue weighted by atomic mass is 10.1. The van der Waals surface area contributed by atoms with Crippen molar-refractivity contribution in [2.45, 2.75) is 38.3 Å². The van der Waals surface area contributed by atoms with Crippen LogP contribution in [0.1, 0.15) is 25.3 Å². The van der Waals surface area contributed by atoms with Gasteiger partial charge in [-0.3, -0.25) is 9.63 Å². The molecule has 0 radical (unpaired) electrons. The van der Waals surface area contributed by atoms with Crippen molar-refractivity contribution in [3.63, 3.8) is 0 Å². The van der Waals surface area contributed by atoms with Crippen molar-refractivity contribution in [1.29, 1.82) is 0 Å². The first-order chi connectivity index (χ1) is 11.3. The number of rotatable bonds is 11. The monoisotopic (exact) mass is 359 g/mol. The molecule has 0 aliphatic carbocycles. The zero-order valence-electron chi connectivity index (χ0n) is 13.9. The molecule has 0 saturated carbocycles. The fraction of sp³-hybridized carbons (Fsp3) is 0.533. The molecule has 8 nitrogen and oxygen atoms in total. The van der Waals surface area contributed by atoms with Gasteiger partial charge < -0.3 is 5.32 Å². The number of nitrogens with one attached hydrogen (secondary N) is 2. The Balaban J connectivity index is 2.32. The van der Waals surface area contributed by atoms with Gasteiger partial charge in [0.2, 0.25) is 0 Å². The second-order valence-electron chi connectivity index (χ2n) is 5.55. The summed E-state index contributed by atoms with van der Waals surface area (Å²) < 4.78 is 25.9. The molecule has 0 aromatic heterocycles. The molecule has 0 aliphatic heterocycles. The normalized spacial score (nSPS) is 14.1. The van der Waals surface area contributed by atoms with E-state index < -0.39 is 16.2 Å². The second-order valence-corrected chi connectivity index (χ2v) is 7.12. The fourth-order valence-corrected chi connectivity index (χ4v) is 2.42. The first kappa shape index (κ1) is 20.5. The van der Waals surface area contributed by atoms with Crippen LogP contribution in [-0.4, -0.2) is 39.3 Å². The van der Waals surface area contributed by atoms with Crippen molar-refractivity contribution in [1.82, 2.24) is 10.8 Å². The van der Waals surface area contributed by atoms with E-state index in [1.807, 2.05) is 37.3 Å². The van der Waals surface area contributed by atoms with E-state index in [-0.39, 0.29) is 18.5 Å². The minimum atomic E-state index is -3.54. The standard InChI is InChI=1S/C15H25N3O5S/c1-12(11-13-7-4-3-5-8-13)18-15(19)14(22-16)9-6-10-17-23-24(2,20)21/h3-5,7-8,12,14,17H,6,9-11,16H2,1-2H3,(H,18,19). The van der Waals surface area contributed by atoms with Crippen molar-refractivity contribution >= 4 is 16.0 Å².